The topological polar surface area (TPSA) is 169 Å². The Balaban J connectivity index is 1.75. The molecular formula is C11H17N5O6P2S3. The van der Waals surface area contributed by atoms with Gasteiger partial charge in [0.15, 0.2) is 24.2 Å². The molecule has 0 bridgehead atoms. The Morgan fingerprint density at radius 2 is 1.96 bits per heavy atom. The van der Waals surface area contributed by atoms with Crippen LogP contribution in [0.5, 0.6) is 0 Å². The Bertz CT molecular complexity index is 940. The second-order valence-corrected chi connectivity index (χ2v) is 16.1. The molecule has 2 unspecified atom stereocenters. The second kappa shape index (κ2) is 7.88. The van der Waals surface area contributed by atoms with E-state index in [1.165, 1.54) is 17.2 Å². The van der Waals surface area contributed by atoms with Crippen LogP contribution in [0.2, 0.25) is 0 Å². The van der Waals surface area contributed by atoms with Crippen LogP contribution < -0.4 is 5.73 Å². The number of thiol groups is 1. The lowest BCUT2D eigenvalue weighted by Crippen LogP contribution is -2.33. The number of rotatable bonds is 6. The van der Waals surface area contributed by atoms with Crippen molar-refractivity contribution in [3.05, 3.63) is 12.7 Å². The van der Waals surface area contributed by atoms with Crippen molar-refractivity contribution >= 4 is 64.8 Å². The summed E-state index contributed by atoms with van der Waals surface area (Å²) in [7, 11) is 0. The van der Waals surface area contributed by atoms with Crippen LogP contribution in [-0.4, -0.2) is 70.3 Å². The van der Waals surface area contributed by atoms with Crippen LogP contribution in [0.3, 0.4) is 0 Å². The molecule has 1 aliphatic heterocycles. The maximum Gasteiger partial charge on any atom is 0.191 e. The van der Waals surface area contributed by atoms with E-state index in [2.05, 4.69) is 39.0 Å². The number of fused-ring (bicyclic) bond motifs is 1. The van der Waals surface area contributed by atoms with E-state index in [1.54, 1.807) is 0 Å². The first-order valence-electron chi connectivity index (χ1n) is 7.44. The number of hydrogen-bond acceptors (Lipinski definition) is 10. The van der Waals surface area contributed by atoms with Gasteiger partial charge in [-0.05, 0) is 11.8 Å². The van der Waals surface area contributed by atoms with Gasteiger partial charge in [-0.1, -0.05) is 11.8 Å². The van der Waals surface area contributed by atoms with E-state index in [0.717, 1.165) is 0 Å². The fourth-order valence-electron chi connectivity index (χ4n) is 2.62. The molecule has 5 atom stereocenters. The van der Waals surface area contributed by atoms with E-state index in [9.17, 15) is 20.0 Å². The molecule has 3 rings (SSSR count). The molecule has 0 saturated carbocycles. The van der Waals surface area contributed by atoms with E-state index >= 15 is 0 Å². The summed E-state index contributed by atoms with van der Waals surface area (Å²) < 4.78 is 12.6. The summed E-state index contributed by atoms with van der Waals surface area (Å²) >= 11 is 13.8. The summed E-state index contributed by atoms with van der Waals surface area (Å²) in [4.78, 5) is 30.8. The highest BCUT2D eigenvalue weighted by Crippen LogP contribution is 2.62. The summed E-state index contributed by atoms with van der Waals surface area (Å²) in [5.41, 5.74) is 3.52. The lowest BCUT2D eigenvalue weighted by molar-refractivity contribution is -0.0460. The van der Waals surface area contributed by atoms with Crippen LogP contribution in [-0.2, 0) is 32.9 Å². The normalized spacial score (nSPS) is 28.5. The van der Waals surface area contributed by atoms with Crippen LogP contribution in [0, 0.1) is 0 Å². The van der Waals surface area contributed by atoms with Crippen molar-refractivity contribution in [2.45, 2.75) is 24.5 Å². The molecule has 1 aliphatic rings. The zero-order valence-corrected chi connectivity index (χ0v) is 17.8. The van der Waals surface area contributed by atoms with Gasteiger partial charge in [0.25, 0.3) is 0 Å². The lowest BCUT2D eigenvalue weighted by atomic mass is 10.1. The van der Waals surface area contributed by atoms with E-state index in [0.29, 0.717) is 11.2 Å². The number of hydrogen-bond donors (Lipinski definition) is 6. The van der Waals surface area contributed by atoms with Crippen molar-refractivity contribution in [3.63, 3.8) is 0 Å². The summed E-state index contributed by atoms with van der Waals surface area (Å²) in [6.07, 6.45) is -1.90. The van der Waals surface area contributed by atoms with Crippen molar-refractivity contribution in [1.29, 1.82) is 0 Å². The summed E-state index contributed by atoms with van der Waals surface area (Å²) in [5, 5.41) is 20.6. The predicted molar refractivity (Wildman–Crippen MR) is 108 cm³/mol. The highest BCUT2D eigenvalue weighted by atomic mass is 32.9. The molecule has 2 aromatic rings. The monoisotopic (exact) mass is 473 g/mol. The highest BCUT2D eigenvalue weighted by Gasteiger charge is 2.45. The summed E-state index contributed by atoms with van der Waals surface area (Å²) in [6.45, 7) is -3.79. The second-order valence-electron chi connectivity index (χ2n) is 5.87. The number of nitrogen functional groups attached to an aromatic ring is 1. The molecule has 0 amide bonds. The Morgan fingerprint density at radius 1 is 1.26 bits per heavy atom. The smallest absolute Gasteiger partial charge is 0.191 e. The van der Waals surface area contributed by atoms with Gasteiger partial charge in [-0.2, -0.15) is 0 Å². The predicted octanol–water partition coefficient (Wildman–Crippen LogP) is -0.465. The molecule has 0 aliphatic carbocycles. The molecule has 2 aromatic heterocycles. The fourth-order valence-corrected chi connectivity index (χ4v) is 11.5. The number of aromatic nitrogens is 4. The quantitative estimate of drug-likeness (QED) is 0.236. The maximum atomic E-state index is 10.4. The third-order valence-electron chi connectivity index (χ3n) is 3.80. The fraction of sp³-hybridized carbons (Fsp3) is 0.545. The van der Waals surface area contributed by atoms with Crippen LogP contribution in [0.25, 0.3) is 11.2 Å². The SMILES string of the molecule is Nc1ncnc2c1ncn2[C@@H]1O[C@H](COP(=S)(S)CP(O)(O)=S)C(O)[C@@H]1O. The summed E-state index contributed by atoms with van der Waals surface area (Å²) in [6, 6.07) is 0. The third kappa shape index (κ3) is 4.85. The number of aliphatic hydroxyl groups is 2. The minimum atomic E-state index is -3.57. The Labute approximate surface area is 169 Å². The molecule has 3 heterocycles. The van der Waals surface area contributed by atoms with Gasteiger partial charge < -0.3 is 35.0 Å². The zero-order chi connectivity index (χ0) is 20.0. The molecule has 6 N–H and O–H groups in total. The highest BCUT2D eigenvalue weighted by molar-refractivity contribution is 8.63. The zero-order valence-electron chi connectivity index (χ0n) is 13.5. The summed E-state index contributed by atoms with van der Waals surface area (Å²) in [5.74, 6) is -0.156. The van der Waals surface area contributed by atoms with Gasteiger partial charge in [0, 0.05) is 0 Å². The Kier molecular flexibility index (Phi) is 6.27. The van der Waals surface area contributed by atoms with Gasteiger partial charge in [0.05, 0.1) is 18.8 Å². The average molecular weight is 473 g/mol. The van der Waals surface area contributed by atoms with Gasteiger partial charge in [0.2, 0.25) is 0 Å². The molecule has 1 fully saturated rings. The number of imidazole rings is 1. The molecule has 1 saturated heterocycles. The van der Waals surface area contributed by atoms with Crippen molar-refractivity contribution in [1.82, 2.24) is 19.5 Å². The van der Waals surface area contributed by atoms with E-state index in [1.807, 2.05) is 0 Å². The number of aliphatic hydroxyl groups excluding tert-OH is 2. The molecule has 27 heavy (non-hydrogen) atoms. The number of ether oxygens (including phenoxy) is 1. The van der Waals surface area contributed by atoms with Gasteiger partial charge in [-0.25, -0.2) is 15.0 Å². The van der Waals surface area contributed by atoms with E-state index in [4.69, 9.17) is 26.8 Å². The van der Waals surface area contributed by atoms with Crippen LogP contribution in [0.15, 0.2) is 12.7 Å². The van der Waals surface area contributed by atoms with Crippen molar-refractivity contribution in [2.75, 3.05) is 18.2 Å². The van der Waals surface area contributed by atoms with Crippen LogP contribution >= 0.6 is 24.2 Å². The number of anilines is 1. The number of nitrogens with zero attached hydrogens (tertiary/aromatic N) is 4. The molecule has 11 nitrogen and oxygen atoms in total. The lowest BCUT2D eigenvalue weighted by Gasteiger charge is -2.22. The van der Waals surface area contributed by atoms with Gasteiger partial charge >= 0.3 is 0 Å². The Morgan fingerprint density at radius 3 is 2.63 bits per heavy atom. The molecule has 0 spiro atoms. The average Bonchev–Trinajstić information content (AvgIpc) is 3.07. The number of nitrogens with two attached hydrogens (primary N) is 1. The van der Waals surface area contributed by atoms with Crippen LogP contribution in [0.4, 0.5) is 5.82 Å². The molecule has 16 heteroatoms. The van der Waals surface area contributed by atoms with Gasteiger partial charge in [0.1, 0.15) is 35.6 Å². The first kappa shape index (κ1) is 21.5. The minimum absolute atomic E-state index is 0.172. The molecule has 150 valence electrons. The molecule has 0 aromatic carbocycles. The Hall–Kier alpha value is -0.240. The van der Waals surface area contributed by atoms with E-state index in [-0.39, 0.29) is 18.3 Å². The minimum Gasteiger partial charge on any atom is -0.387 e. The van der Waals surface area contributed by atoms with Gasteiger partial charge in [-0.3, -0.25) is 4.57 Å². The van der Waals surface area contributed by atoms with Crippen LogP contribution in [0.1, 0.15) is 6.23 Å². The van der Waals surface area contributed by atoms with Crippen molar-refractivity contribution in [3.8, 4) is 0 Å². The van der Waals surface area contributed by atoms with Crippen molar-refractivity contribution < 1.29 is 29.3 Å². The van der Waals surface area contributed by atoms with Gasteiger partial charge in [-0.15, -0.1) is 12.2 Å². The molecule has 0 radical (unpaired) electrons. The first-order chi connectivity index (χ1) is 12.5. The molecular weight excluding hydrogens is 456 g/mol. The standard InChI is InChI=1S/C11H17N5O6P2S3/c12-9-6-10(14-2-13-9)16(3-15-6)11-8(18)7(17)5(22-11)1-21-24(26,27)4-23(19,20)25/h2-3,5,7-8,11,17-18H,1,4H2,(H,26,27)(H2,12,13,14)(H2,19,20,25)/t5-,7?,8+,11-/m1/s1. The third-order valence-corrected chi connectivity index (χ3v) is 11.1. The largest absolute Gasteiger partial charge is 0.387 e. The maximum absolute atomic E-state index is 10.4. The van der Waals surface area contributed by atoms with Crippen molar-refractivity contribution in [2.24, 2.45) is 0 Å². The first-order valence-corrected chi connectivity index (χ1v) is 14.4. The van der Waals surface area contributed by atoms with E-state index < -0.39 is 36.5 Å².